The van der Waals surface area contributed by atoms with Crippen LogP contribution in [0.25, 0.3) is 27.6 Å². The molecule has 7 nitrogen and oxygen atoms in total. The quantitative estimate of drug-likeness (QED) is 0.471. The molecule has 2 aromatic heterocycles. The SMILES string of the molecule is COc1ccc(-n2nnc(-c3nc(-c4cc(OC)ccc4OC)cs3)c2C)cc1. The van der Waals surface area contributed by atoms with Gasteiger partial charge in [0.1, 0.15) is 28.0 Å². The molecule has 0 radical (unpaired) electrons. The molecule has 0 aliphatic heterocycles. The van der Waals surface area contributed by atoms with Gasteiger partial charge in [-0.3, -0.25) is 0 Å². The number of thiazole rings is 1. The van der Waals surface area contributed by atoms with Crippen LogP contribution in [0.4, 0.5) is 0 Å². The first kappa shape index (κ1) is 18.9. The number of hydrogen-bond acceptors (Lipinski definition) is 7. The molecule has 0 spiro atoms. The number of nitrogens with zero attached hydrogens (tertiary/aromatic N) is 4. The third-order valence-corrected chi connectivity index (χ3v) is 5.45. The van der Waals surface area contributed by atoms with Crippen molar-refractivity contribution in [3.05, 3.63) is 53.5 Å². The van der Waals surface area contributed by atoms with Gasteiger partial charge in [0.25, 0.3) is 0 Å². The molecule has 8 heteroatoms. The first-order chi connectivity index (χ1) is 14.1. The van der Waals surface area contributed by atoms with E-state index in [-0.39, 0.29) is 0 Å². The predicted molar refractivity (Wildman–Crippen MR) is 112 cm³/mol. The topological polar surface area (TPSA) is 71.3 Å². The van der Waals surface area contributed by atoms with Gasteiger partial charge in [0, 0.05) is 10.9 Å². The van der Waals surface area contributed by atoms with Gasteiger partial charge in [-0.2, -0.15) is 0 Å². The second kappa shape index (κ2) is 7.92. The highest BCUT2D eigenvalue weighted by molar-refractivity contribution is 7.13. The second-order valence-corrected chi connectivity index (χ2v) is 7.10. The Bertz CT molecular complexity index is 1140. The average Bonchev–Trinajstić information content (AvgIpc) is 3.40. The second-order valence-electron chi connectivity index (χ2n) is 6.24. The first-order valence-corrected chi connectivity index (χ1v) is 9.77. The van der Waals surface area contributed by atoms with Crippen LogP contribution in [0.3, 0.4) is 0 Å². The highest BCUT2D eigenvalue weighted by Crippen LogP contribution is 2.36. The van der Waals surface area contributed by atoms with Crippen LogP contribution in [0, 0.1) is 6.92 Å². The van der Waals surface area contributed by atoms with E-state index in [1.807, 2.05) is 54.8 Å². The smallest absolute Gasteiger partial charge is 0.146 e. The van der Waals surface area contributed by atoms with Gasteiger partial charge in [-0.15, -0.1) is 16.4 Å². The van der Waals surface area contributed by atoms with E-state index in [1.165, 1.54) is 11.3 Å². The summed E-state index contributed by atoms with van der Waals surface area (Å²) >= 11 is 1.52. The molecule has 4 rings (SSSR count). The van der Waals surface area contributed by atoms with Crippen LogP contribution in [0.15, 0.2) is 47.8 Å². The summed E-state index contributed by atoms with van der Waals surface area (Å²) in [5.41, 5.74) is 4.24. The zero-order chi connectivity index (χ0) is 20.4. The Morgan fingerprint density at radius 1 is 0.897 bits per heavy atom. The predicted octanol–water partition coefficient (Wildman–Crippen LogP) is 4.39. The van der Waals surface area contributed by atoms with Gasteiger partial charge >= 0.3 is 0 Å². The maximum Gasteiger partial charge on any atom is 0.146 e. The Balaban J connectivity index is 1.70. The third kappa shape index (κ3) is 3.54. The minimum atomic E-state index is 0.737. The molecule has 4 aromatic rings. The summed E-state index contributed by atoms with van der Waals surface area (Å²) in [5, 5.41) is 11.4. The fraction of sp³-hybridized carbons (Fsp3) is 0.190. The molecule has 148 valence electrons. The van der Waals surface area contributed by atoms with Crippen LogP contribution >= 0.6 is 11.3 Å². The van der Waals surface area contributed by atoms with Crippen molar-refractivity contribution in [2.45, 2.75) is 6.92 Å². The molecule has 0 fully saturated rings. The maximum absolute atomic E-state index is 5.49. The van der Waals surface area contributed by atoms with Crippen molar-refractivity contribution < 1.29 is 14.2 Å². The van der Waals surface area contributed by atoms with Crippen molar-refractivity contribution in [3.63, 3.8) is 0 Å². The van der Waals surface area contributed by atoms with Crippen LogP contribution in [0.5, 0.6) is 17.2 Å². The van der Waals surface area contributed by atoms with E-state index in [9.17, 15) is 0 Å². The first-order valence-electron chi connectivity index (χ1n) is 8.89. The number of aromatic nitrogens is 4. The largest absolute Gasteiger partial charge is 0.497 e. The molecule has 29 heavy (non-hydrogen) atoms. The van der Waals surface area contributed by atoms with E-state index in [1.54, 1.807) is 26.0 Å². The van der Waals surface area contributed by atoms with Gasteiger partial charge in [0.2, 0.25) is 0 Å². The molecule has 0 atom stereocenters. The summed E-state index contributed by atoms with van der Waals surface area (Å²) in [5.74, 6) is 2.28. The number of rotatable bonds is 6. The van der Waals surface area contributed by atoms with Gasteiger partial charge in [0.05, 0.1) is 38.4 Å². The molecule has 0 aliphatic rings. The van der Waals surface area contributed by atoms with Gasteiger partial charge < -0.3 is 14.2 Å². The number of hydrogen-bond donors (Lipinski definition) is 0. The van der Waals surface area contributed by atoms with Crippen LogP contribution < -0.4 is 14.2 Å². The Hall–Kier alpha value is -3.39. The lowest BCUT2D eigenvalue weighted by atomic mass is 10.1. The molecule has 0 bridgehead atoms. The lowest BCUT2D eigenvalue weighted by Gasteiger charge is -2.08. The zero-order valence-electron chi connectivity index (χ0n) is 16.5. The molecule has 2 aromatic carbocycles. The summed E-state index contributed by atoms with van der Waals surface area (Å²) in [7, 11) is 4.92. The Kier molecular flexibility index (Phi) is 5.18. The summed E-state index contributed by atoms with van der Waals surface area (Å²) < 4.78 is 17.8. The van der Waals surface area contributed by atoms with Gasteiger partial charge in [-0.1, -0.05) is 5.21 Å². The van der Waals surface area contributed by atoms with E-state index in [0.29, 0.717) is 0 Å². The van der Waals surface area contributed by atoms with Crippen LogP contribution in [0.2, 0.25) is 0 Å². The number of ether oxygens (including phenoxy) is 3. The van der Waals surface area contributed by atoms with E-state index in [4.69, 9.17) is 19.2 Å². The van der Waals surface area contributed by atoms with Crippen LogP contribution in [-0.4, -0.2) is 41.3 Å². The molecule has 0 unspecified atom stereocenters. The zero-order valence-corrected chi connectivity index (χ0v) is 17.4. The lowest BCUT2D eigenvalue weighted by Crippen LogP contribution is -1.99. The Morgan fingerprint density at radius 2 is 1.62 bits per heavy atom. The minimum Gasteiger partial charge on any atom is -0.497 e. The average molecular weight is 408 g/mol. The molecule has 2 heterocycles. The van der Waals surface area contributed by atoms with Gasteiger partial charge in [-0.25, -0.2) is 9.67 Å². The molecule has 0 saturated carbocycles. The van der Waals surface area contributed by atoms with Crippen molar-refractivity contribution in [2.75, 3.05) is 21.3 Å². The Labute approximate surface area is 172 Å². The van der Waals surface area contributed by atoms with Gasteiger partial charge in [0.15, 0.2) is 0 Å². The fourth-order valence-electron chi connectivity index (χ4n) is 3.02. The van der Waals surface area contributed by atoms with Crippen molar-refractivity contribution in [2.24, 2.45) is 0 Å². The molecule has 0 saturated heterocycles. The number of methoxy groups -OCH3 is 3. The van der Waals surface area contributed by atoms with Gasteiger partial charge in [-0.05, 0) is 49.4 Å². The summed E-state index contributed by atoms with van der Waals surface area (Å²) in [6.07, 6.45) is 0. The van der Waals surface area contributed by atoms with Crippen molar-refractivity contribution >= 4 is 11.3 Å². The summed E-state index contributed by atoms with van der Waals surface area (Å²) in [6, 6.07) is 13.3. The minimum absolute atomic E-state index is 0.737. The lowest BCUT2D eigenvalue weighted by molar-refractivity contribution is 0.404. The summed E-state index contributed by atoms with van der Waals surface area (Å²) in [6.45, 7) is 1.98. The van der Waals surface area contributed by atoms with E-state index >= 15 is 0 Å². The normalized spacial score (nSPS) is 10.8. The molecular weight excluding hydrogens is 388 g/mol. The van der Waals surface area contributed by atoms with Crippen molar-refractivity contribution in [1.82, 2.24) is 20.0 Å². The number of benzene rings is 2. The molecule has 0 N–H and O–H groups in total. The highest BCUT2D eigenvalue weighted by atomic mass is 32.1. The standard InChI is InChI=1S/C21H20N4O3S/c1-13-20(23-24-25(13)14-5-7-15(26-2)8-6-14)21-22-18(12-29-21)17-11-16(27-3)9-10-19(17)28-4/h5-12H,1-4H3. The maximum atomic E-state index is 5.49. The van der Waals surface area contributed by atoms with E-state index in [2.05, 4.69) is 10.3 Å². The van der Waals surface area contributed by atoms with Crippen molar-refractivity contribution in [3.8, 4) is 44.9 Å². The van der Waals surface area contributed by atoms with Crippen molar-refractivity contribution in [1.29, 1.82) is 0 Å². The Morgan fingerprint density at radius 3 is 2.31 bits per heavy atom. The molecule has 0 aliphatic carbocycles. The highest BCUT2D eigenvalue weighted by Gasteiger charge is 2.18. The molecule has 0 amide bonds. The molecular formula is C21H20N4O3S. The summed E-state index contributed by atoms with van der Waals surface area (Å²) in [4.78, 5) is 4.78. The van der Waals surface area contributed by atoms with E-state index < -0.39 is 0 Å². The third-order valence-electron chi connectivity index (χ3n) is 4.60. The van der Waals surface area contributed by atoms with Crippen LogP contribution in [0.1, 0.15) is 5.69 Å². The van der Waals surface area contributed by atoms with Crippen LogP contribution in [-0.2, 0) is 0 Å². The van der Waals surface area contributed by atoms with E-state index in [0.717, 1.165) is 50.6 Å². The monoisotopic (exact) mass is 408 g/mol. The fourth-order valence-corrected chi connectivity index (χ4v) is 3.87.